The fourth-order valence-corrected chi connectivity index (χ4v) is 6.18. The molecule has 1 heteroatoms. The third-order valence-corrected chi connectivity index (χ3v) is 7.56. The van der Waals surface area contributed by atoms with E-state index in [2.05, 4.69) is 41.5 Å². The minimum atomic E-state index is 0.0429. The van der Waals surface area contributed by atoms with E-state index in [0.29, 0.717) is 16.7 Å². The van der Waals surface area contributed by atoms with Crippen LogP contribution in [0.15, 0.2) is 0 Å². The molecule has 2 aliphatic rings. The summed E-state index contributed by atoms with van der Waals surface area (Å²) in [6.45, 7) is 14.7. The molecule has 21 heavy (non-hydrogen) atoms. The minimum Gasteiger partial charge on any atom is -0.325 e. The van der Waals surface area contributed by atoms with Gasteiger partial charge in [-0.25, -0.2) is 0 Å². The Bertz CT molecular complexity index is 353. The van der Waals surface area contributed by atoms with E-state index in [1.54, 1.807) is 0 Å². The van der Waals surface area contributed by atoms with E-state index in [1.165, 1.54) is 51.4 Å². The lowest BCUT2D eigenvalue weighted by atomic mass is 9.44. The minimum absolute atomic E-state index is 0.0429. The Morgan fingerprint density at radius 2 is 1.62 bits per heavy atom. The largest absolute Gasteiger partial charge is 0.325 e. The van der Waals surface area contributed by atoms with Gasteiger partial charge in [0.2, 0.25) is 0 Å². The van der Waals surface area contributed by atoms with Crippen molar-refractivity contribution in [2.75, 3.05) is 0 Å². The van der Waals surface area contributed by atoms with E-state index in [4.69, 9.17) is 5.73 Å². The van der Waals surface area contributed by atoms with Crippen LogP contribution in [0.1, 0.15) is 92.9 Å². The molecular weight excluding hydrogens is 254 g/mol. The molecule has 0 aromatic heterocycles. The summed E-state index contributed by atoms with van der Waals surface area (Å²) in [6.07, 6.45) is 10.8. The van der Waals surface area contributed by atoms with Crippen LogP contribution in [0.3, 0.4) is 0 Å². The zero-order valence-corrected chi connectivity index (χ0v) is 15.5. The van der Waals surface area contributed by atoms with Gasteiger partial charge < -0.3 is 5.73 Å². The molecule has 4 atom stereocenters. The van der Waals surface area contributed by atoms with Gasteiger partial charge in [0.1, 0.15) is 0 Å². The summed E-state index contributed by atoms with van der Waals surface area (Å²) in [4.78, 5) is 0. The molecular formula is C20H39N. The van der Waals surface area contributed by atoms with Crippen molar-refractivity contribution in [1.82, 2.24) is 0 Å². The summed E-state index contributed by atoms with van der Waals surface area (Å²) in [6, 6.07) is 0. The molecule has 0 aromatic rings. The second-order valence-corrected chi connectivity index (χ2v) is 9.42. The van der Waals surface area contributed by atoms with Gasteiger partial charge in [-0.3, -0.25) is 0 Å². The predicted octanol–water partition coefficient (Wildman–Crippen LogP) is 5.77. The van der Waals surface area contributed by atoms with Gasteiger partial charge in [0.15, 0.2) is 0 Å². The molecule has 2 rings (SSSR count). The second kappa shape index (κ2) is 5.87. The first kappa shape index (κ1) is 17.3. The van der Waals surface area contributed by atoms with E-state index in [9.17, 15) is 0 Å². The first-order valence-electron chi connectivity index (χ1n) is 9.46. The van der Waals surface area contributed by atoms with Gasteiger partial charge in [-0.1, -0.05) is 53.9 Å². The van der Waals surface area contributed by atoms with Crippen molar-refractivity contribution in [3.8, 4) is 0 Å². The summed E-state index contributed by atoms with van der Waals surface area (Å²) in [5.74, 6) is 2.43. The van der Waals surface area contributed by atoms with Crippen LogP contribution in [0.4, 0.5) is 0 Å². The monoisotopic (exact) mass is 293 g/mol. The molecule has 0 spiro atoms. The summed E-state index contributed by atoms with van der Waals surface area (Å²) in [5, 5.41) is 0. The van der Waals surface area contributed by atoms with Crippen LogP contribution in [-0.2, 0) is 0 Å². The lowest BCUT2D eigenvalue weighted by Gasteiger charge is -2.62. The van der Waals surface area contributed by atoms with Crippen molar-refractivity contribution in [1.29, 1.82) is 0 Å². The summed E-state index contributed by atoms with van der Waals surface area (Å²) < 4.78 is 0. The van der Waals surface area contributed by atoms with E-state index in [-0.39, 0.29) is 5.54 Å². The van der Waals surface area contributed by atoms with E-state index >= 15 is 0 Å². The lowest BCUT2D eigenvalue weighted by molar-refractivity contribution is -0.108. The van der Waals surface area contributed by atoms with Gasteiger partial charge in [0.25, 0.3) is 0 Å². The topological polar surface area (TPSA) is 26.0 Å². The Hall–Kier alpha value is -0.0400. The normalized spacial score (nSPS) is 42.9. The molecule has 1 nitrogen and oxygen atoms in total. The molecule has 2 aliphatic carbocycles. The van der Waals surface area contributed by atoms with Crippen LogP contribution < -0.4 is 5.73 Å². The molecule has 0 heterocycles. The fraction of sp³-hybridized carbons (Fsp3) is 1.00. The van der Waals surface area contributed by atoms with Crippen LogP contribution in [-0.4, -0.2) is 5.54 Å². The average molecular weight is 294 g/mol. The van der Waals surface area contributed by atoms with E-state index in [1.807, 2.05) is 0 Å². The Balaban J connectivity index is 2.32. The van der Waals surface area contributed by atoms with Gasteiger partial charge in [-0.2, -0.15) is 0 Å². The Kier molecular flexibility index (Phi) is 4.84. The highest BCUT2D eigenvalue weighted by atomic mass is 14.8. The molecule has 0 aromatic carbocycles. The Morgan fingerprint density at radius 3 is 2.19 bits per heavy atom. The molecule has 0 aliphatic heterocycles. The molecule has 124 valence electrons. The van der Waals surface area contributed by atoms with Crippen LogP contribution in [0.5, 0.6) is 0 Å². The van der Waals surface area contributed by atoms with Crippen molar-refractivity contribution in [3.63, 3.8) is 0 Å². The summed E-state index contributed by atoms with van der Waals surface area (Å²) >= 11 is 0. The number of hydrogen-bond donors (Lipinski definition) is 1. The molecule has 2 fully saturated rings. The van der Waals surface area contributed by atoms with E-state index < -0.39 is 0 Å². The van der Waals surface area contributed by atoms with Crippen molar-refractivity contribution >= 4 is 0 Å². The maximum Gasteiger partial charge on any atom is 0.0159 e. The predicted molar refractivity (Wildman–Crippen MR) is 93.2 cm³/mol. The zero-order valence-electron chi connectivity index (χ0n) is 15.5. The Morgan fingerprint density at radius 1 is 1.00 bits per heavy atom. The number of fused-ring (bicyclic) bond motifs is 1. The third kappa shape index (κ3) is 3.05. The summed E-state index contributed by atoms with van der Waals surface area (Å²) in [5.41, 5.74) is 7.88. The van der Waals surface area contributed by atoms with Crippen LogP contribution in [0.25, 0.3) is 0 Å². The SMILES string of the molecule is CCC(CC)CC1C(C)(N)CCC2C(C)(C)CCCC21C. The van der Waals surface area contributed by atoms with Crippen LogP contribution in [0.2, 0.25) is 0 Å². The molecule has 2 N–H and O–H groups in total. The zero-order chi connectivity index (χ0) is 15.9. The molecule has 0 amide bonds. The van der Waals surface area contributed by atoms with Gasteiger partial charge in [-0.05, 0) is 67.6 Å². The molecule has 0 bridgehead atoms. The van der Waals surface area contributed by atoms with Gasteiger partial charge in [-0.15, -0.1) is 0 Å². The average Bonchev–Trinajstić information content (AvgIpc) is 2.37. The van der Waals surface area contributed by atoms with Crippen LogP contribution >= 0.6 is 0 Å². The quantitative estimate of drug-likeness (QED) is 0.699. The first-order valence-corrected chi connectivity index (χ1v) is 9.46. The maximum absolute atomic E-state index is 6.86. The van der Waals surface area contributed by atoms with E-state index in [0.717, 1.165) is 11.8 Å². The van der Waals surface area contributed by atoms with Gasteiger partial charge >= 0.3 is 0 Å². The number of rotatable bonds is 4. The third-order valence-electron chi connectivity index (χ3n) is 7.56. The first-order chi connectivity index (χ1) is 9.67. The molecule has 2 saturated carbocycles. The van der Waals surface area contributed by atoms with Crippen molar-refractivity contribution in [3.05, 3.63) is 0 Å². The van der Waals surface area contributed by atoms with Gasteiger partial charge in [0, 0.05) is 5.54 Å². The lowest BCUT2D eigenvalue weighted by Crippen LogP contribution is -2.61. The number of hydrogen-bond acceptors (Lipinski definition) is 1. The van der Waals surface area contributed by atoms with Crippen molar-refractivity contribution in [2.24, 2.45) is 34.3 Å². The standard InChI is InChI=1S/C20H39N/c1-7-15(8-2)14-17-19(5)12-9-11-18(3,4)16(19)10-13-20(17,6)21/h15-17H,7-14,21H2,1-6H3. The second-order valence-electron chi connectivity index (χ2n) is 9.42. The smallest absolute Gasteiger partial charge is 0.0159 e. The van der Waals surface area contributed by atoms with Crippen LogP contribution in [0, 0.1) is 28.6 Å². The highest BCUT2D eigenvalue weighted by Gasteiger charge is 2.57. The molecule has 0 saturated heterocycles. The van der Waals surface area contributed by atoms with Gasteiger partial charge in [0.05, 0.1) is 0 Å². The molecule has 0 radical (unpaired) electrons. The van der Waals surface area contributed by atoms with Crippen molar-refractivity contribution in [2.45, 2.75) is 98.4 Å². The molecule has 4 unspecified atom stereocenters. The fourth-order valence-electron chi connectivity index (χ4n) is 6.18. The number of nitrogens with two attached hydrogens (primary N) is 1. The van der Waals surface area contributed by atoms with Crippen molar-refractivity contribution < 1.29 is 0 Å². The highest BCUT2D eigenvalue weighted by Crippen LogP contribution is 2.62. The maximum atomic E-state index is 6.86. The summed E-state index contributed by atoms with van der Waals surface area (Å²) in [7, 11) is 0. The Labute approximate surface area is 133 Å². The highest BCUT2D eigenvalue weighted by molar-refractivity contribution is 5.09.